The summed E-state index contributed by atoms with van der Waals surface area (Å²) in [7, 11) is 0. The molecule has 2 aromatic rings. The molecule has 0 radical (unpaired) electrons. The minimum absolute atomic E-state index is 0.0101. The monoisotopic (exact) mass is 396 g/mol. The Morgan fingerprint density at radius 1 is 0.966 bits per heavy atom. The first-order valence-electron chi connectivity index (χ1n) is 9.94. The summed E-state index contributed by atoms with van der Waals surface area (Å²) >= 11 is 0. The van der Waals surface area contributed by atoms with Crippen molar-refractivity contribution in [1.82, 2.24) is 0 Å². The Kier molecular flexibility index (Phi) is 5.96. The molecule has 0 N–H and O–H groups in total. The van der Waals surface area contributed by atoms with Gasteiger partial charge in [0.2, 0.25) is 0 Å². The Morgan fingerprint density at radius 3 is 2.00 bits per heavy atom. The first kappa shape index (κ1) is 20.9. The van der Waals surface area contributed by atoms with Crippen molar-refractivity contribution in [3.63, 3.8) is 0 Å². The summed E-state index contributed by atoms with van der Waals surface area (Å²) in [5.74, 6) is -0.0190. The maximum Gasteiger partial charge on any atom is 0.309 e. The van der Waals surface area contributed by atoms with E-state index in [1.165, 1.54) is 0 Å². The lowest BCUT2D eigenvalue weighted by Gasteiger charge is -2.32. The van der Waals surface area contributed by atoms with Gasteiger partial charge >= 0.3 is 11.9 Å². The second-order valence-electron chi connectivity index (χ2n) is 8.49. The third-order valence-electron chi connectivity index (χ3n) is 4.79. The van der Waals surface area contributed by atoms with Crippen molar-refractivity contribution in [3.8, 4) is 11.5 Å². The Morgan fingerprint density at radius 2 is 1.48 bits per heavy atom. The van der Waals surface area contributed by atoms with E-state index < -0.39 is 29.6 Å². The molecule has 0 amide bonds. The van der Waals surface area contributed by atoms with Gasteiger partial charge in [0.1, 0.15) is 23.2 Å². The normalized spacial score (nSPS) is 15.3. The standard InChI is InChI=1S/C24H28O5/c1-15(14-21(25)29-24(3,4)5)23(26)27-16(2)22-17-10-6-8-12-19(17)28-20-13-9-7-11-18(20)22/h6-13,15-16,22H,14H2,1-5H3/t15-,16?/m1/s1. The van der Waals surface area contributed by atoms with Crippen LogP contribution in [0.5, 0.6) is 11.5 Å². The molecule has 3 rings (SSSR count). The van der Waals surface area contributed by atoms with Gasteiger partial charge in [-0.3, -0.25) is 9.59 Å². The van der Waals surface area contributed by atoms with Crippen LogP contribution in [0.2, 0.25) is 0 Å². The zero-order valence-electron chi connectivity index (χ0n) is 17.6. The van der Waals surface area contributed by atoms with E-state index in [-0.39, 0.29) is 12.3 Å². The van der Waals surface area contributed by atoms with Crippen LogP contribution in [-0.4, -0.2) is 23.6 Å². The molecule has 5 heteroatoms. The van der Waals surface area contributed by atoms with Crippen molar-refractivity contribution in [3.05, 3.63) is 59.7 Å². The summed E-state index contributed by atoms with van der Waals surface area (Å²) in [6.45, 7) is 8.97. The van der Waals surface area contributed by atoms with Gasteiger partial charge in [-0.25, -0.2) is 0 Å². The van der Waals surface area contributed by atoms with Crippen LogP contribution >= 0.6 is 0 Å². The predicted molar refractivity (Wildman–Crippen MR) is 110 cm³/mol. The Hall–Kier alpha value is -2.82. The number of hydrogen-bond acceptors (Lipinski definition) is 5. The fraction of sp³-hybridized carbons (Fsp3) is 0.417. The third-order valence-corrected chi connectivity index (χ3v) is 4.79. The van der Waals surface area contributed by atoms with Crippen molar-refractivity contribution < 1.29 is 23.8 Å². The number of carbonyl (C=O) groups excluding carboxylic acids is 2. The number of para-hydroxylation sites is 2. The first-order valence-corrected chi connectivity index (χ1v) is 9.94. The molecule has 29 heavy (non-hydrogen) atoms. The average molecular weight is 396 g/mol. The highest BCUT2D eigenvalue weighted by molar-refractivity contribution is 5.80. The fourth-order valence-electron chi connectivity index (χ4n) is 3.54. The summed E-state index contributed by atoms with van der Waals surface area (Å²) in [6, 6.07) is 15.5. The number of carbonyl (C=O) groups is 2. The SMILES string of the molecule is CC(OC(=O)[C@H](C)CC(=O)OC(C)(C)C)C1c2ccccc2Oc2ccccc21. The van der Waals surface area contributed by atoms with Crippen molar-refractivity contribution in [2.75, 3.05) is 0 Å². The molecule has 2 atom stereocenters. The quantitative estimate of drug-likeness (QED) is 0.648. The highest BCUT2D eigenvalue weighted by Crippen LogP contribution is 2.46. The second-order valence-corrected chi connectivity index (χ2v) is 8.49. The smallest absolute Gasteiger partial charge is 0.309 e. The minimum Gasteiger partial charge on any atom is -0.461 e. The van der Waals surface area contributed by atoms with Crippen LogP contribution in [0.15, 0.2) is 48.5 Å². The number of rotatable bonds is 5. The van der Waals surface area contributed by atoms with Gasteiger partial charge in [0.25, 0.3) is 0 Å². The van der Waals surface area contributed by atoms with Crippen LogP contribution in [0, 0.1) is 5.92 Å². The fourth-order valence-corrected chi connectivity index (χ4v) is 3.54. The molecule has 1 aliphatic heterocycles. The maximum absolute atomic E-state index is 12.7. The number of esters is 2. The molecule has 1 heterocycles. The molecule has 0 saturated carbocycles. The molecule has 0 saturated heterocycles. The minimum atomic E-state index is -0.586. The van der Waals surface area contributed by atoms with E-state index in [0.29, 0.717) is 0 Å². The zero-order chi connectivity index (χ0) is 21.2. The number of hydrogen-bond donors (Lipinski definition) is 0. The van der Waals surface area contributed by atoms with Gasteiger partial charge in [-0.05, 0) is 39.8 Å². The van der Waals surface area contributed by atoms with Crippen LogP contribution < -0.4 is 4.74 Å². The van der Waals surface area contributed by atoms with Crippen LogP contribution in [0.3, 0.4) is 0 Å². The van der Waals surface area contributed by atoms with Gasteiger partial charge in [0.15, 0.2) is 0 Å². The molecule has 0 aromatic heterocycles. The summed E-state index contributed by atoms with van der Waals surface area (Å²) < 4.78 is 17.1. The van der Waals surface area contributed by atoms with Gasteiger partial charge in [0.05, 0.1) is 18.3 Å². The van der Waals surface area contributed by atoms with Gasteiger partial charge in [-0.2, -0.15) is 0 Å². The molecule has 154 valence electrons. The maximum atomic E-state index is 12.7. The molecular weight excluding hydrogens is 368 g/mol. The van der Waals surface area contributed by atoms with Crippen molar-refractivity contribution >= 4 is 11.9 Å². The summed E-state index contributed by atoms with van der Waals surface area (Å²) in [5.41, 5.74) is 1.38. The molecule has 0 fully saturated rings. The topological polar surface area (TPSA) is 61.8 Å². The van der Waals surface area contributed by atoms with Crippen molar-refractivity contribution in [1.29, 1.82) is 0 Å². The van der Waals surface area contributed by atoms with Gasteiger partial charge in [-0.15, -0.1) is 0 Å². The van der Waals surface area contributed by atoms with Crippen molar-refractivity contribution in [2.24, 2.45) is 5.92 Å². The predicted octanol–water partition coefficient (Wildman–Crippen LogP) is 5.22. The first-order chi connectivity index (χ1) is 13.7. The zero-order valence-corrected chi connectivity index (χ0v) is 17.6. The van der Waals surface area contributed by atoms with E-state index in [4.69, 9.17) is 14.2 Å². The molecule has 2 aromatic carbocycles. The lowest BCUT2D eigenvalue weighted by molar-refractivity contribution is -0.163. The molecule has 0 spiro atoms. The van der Waals surface area contributed by atoms with E-state index >= 15 is 0 Å². The number of ether oxygens (including phenoxy) is 3. The molecule has 5 nitrogen and oxygen atoms in total. The lowest BCUT2D eigenvalue weighted by atomic mass is 9.84. The molecular formula is C24H28O5. The van der Waals surface area contributed by atoms with E-state index in [1.807, 2.05) is 55.5 Å². The van der Waals surface area contributed by atoms with Crippen LogP contribution in [-0.2, 0) is 19.1 Å². The van der Waals surface area contributed by atoms with E-state index in [1.54, 1.807) is 27.7 Å². The van der Waals surface area contributed by atoms with Crippen molar-refractivity contribution in [2.45, 2.75) is 58.7 Å². The second kappa shape index (κ2) is 8.27. The molecule has 1 unspecified atom stereocenters. The highest BCUT2D eigenvalue weighted by atomic mass is 16.6. The largest absolute Gasteiger partial charge is 0.461 e. The van der Waals surface area contributed by atoms with Crippen LogP contribution in [0.1, 0.15) is 58.1 Å². The Balaban J connectivity index is 1.74. The Bertz CT molecular complexity index is 851. The van der Waals surface area contributed by atoms with Crippen LogP contribution in [0.25, 0.3) is 0 Å². The van der Waals surface area contributed by atoms with E-state index in [2.05, 4.69) is 0 Å². The average Bonchev–Trinajstić information content (AvgIpc) is 2.64. The van der Waals surface area contributed by atoms with Crippen LogP contribution in [0.4, 0.5) is 0 Å². The van der Waals surface area contributed by atoms with Gasteiger partial charge in [0, 0.05) is 11.1 Å². The highest BCUT2D eigenvalue weighted by Gasteiger charge is 2.34. The van der Waals surface area contributed by atoms with Gasteiger partial charge < -0.3 is 14.2 Å². The lowest BCUT2D eigenvalue weighted by Crippen LogP contribution is -2.30. The molecule has 0 bridgehead atoms. The number of fused-ring (bicyclic) bond motifs is 2. The molecule has 0 aliphatic carbocycles. The number of benzene rings is 2. The molecule has 1 aliphatic rings. The van der Waals surface area contributed by atoms with Gasteiger partial charge in [-0.1, -0.05) is 43.3 Å². The summed E-state index contributed by atoms with van der Waals surface area (Å²) in [5, 5.41) is 0. The third kappa shape index (κ3) is 4.97. The van der Waals surface area contributed by atoms with E-state index in [9.17, 15) is 9.59 Å². The summed E-state index contributed by atoms with van der Waals surface area (Å²) in [4.78, 5) is 24.7. The summed E-state index contributed by atoms with van der Waals surface area (Å²) in [6.07, 6.45) is -0.432. The van der Waals surface area contributed by atoms with E-state index in [0.717, 1.165) is 22.6 Å². The Labute approximate surface area is 172 Å².